The van der Waals surface area contributed by atoms with Gasteiger partial charge < -0.3 is 0 Å². The van der Waals surface area contributed by atoms with Gasteiger partial charge in [-0.3, -0.25) is 15.1 Å². The van der Waals surface area contributed by atoms with Crippen molar-refractivity contribution in [2.45, 2.75) is 19.3 Å². The summed E-state index contributed by atoms with van der Waals surface area (Å²) in [6.07, 6.45) is 2.76. The minimum absolute atomic E-state index is 0.184. The number of pyridine rings is 1. The number of fused-ring (bicyclic) bond motifs is 2. The number of hydrogen-bond acceptors (Lipinski definition) is 6. The van der Waals surface area contributed by atoms with Crippen molar-refractivity contribution in [3.63, 3.8) is 0 Å². The third-order valence-corrected chi connectivity index (χ3v) is 6.69. The molecule has 1 N–H and O–H groups in total. The van der Waals surface area contributed by atoms with Gasteiger partial charge in [0.1, 0.15) is 0 Å². The SMILES string of the molecule is O=C(Nc1nnc(-c2cccs2)s1)c1c2c(nc3ccc(Cl)cc13)CCC2. The molecule has 0 unspecified atom stereocenters. The Hall–Kier alpha value is -2.35. The van der Waals surface area contributed by atoms with E-state index >= 15 is 0 Å². The number of carbonyl (C=O) groups is 1. The summed E-state index contributed by atoms with van der Waals surface area (Å²) >= 11 is 9.15. The molecule has 1 aliphatic rings. The van der Waals surface area contributed by atoms with Gasteiger partial charge in [0.25, 0.3) is 5.91 Å². The number of nitrogens with one attached hydrogen (secondary N) is 1. The molecule has 5 rings (SSSR count). The number of aromatic nitrogens is 3. The molecule has 0 aliphatic heterocycles. The Kier molecular flexibility index (Phi) is 4.15. The van der Waals surface area contributed by atoms with E-state index < -0.39 is 0 Å². The highest BCUT2D eigenvalue weighted by atomic mass is 35.5. The summed E-state index contributed by atoms with van der Waals surface area (Å²) in [5, 5.41) is 15.9. The van der Waals surface area contributed by atoms with Crippen LogP contribution in [0.5, 0.6) is 0 Å². The van der Waals surface area contributed by atoms with Gasteiger partial charge in [-0.2, -0.15) is 0 Å². The number of nitrogens with zero attached hydrogens (tertiary/aromatic N) is 3. The Bertz CT molecular complexity index is 1170. The first-order valence-corrected chi connectivity index (χ1v) is 10.6. The molecule has 0 saturated heterocycles. The first-order valence-electron chi connectivity index (χ1n) is 8.49. The molecule has 4 aromatic rings. The molecule has 0 fully saturated rings. The number of benzene rings is 1. The molecular formula is C19H13ClN4OS2. The average molecular weight is 413 g/mol. The summed E-state index contributed by atoms with van der Waals surface area (Å²) in [4.78, 5) is 18.9. The number of carbonyl (C=O) groups excluding carboxylic acids is 1. The van der Waals surface area contributed by atoms with Crippen molar-refractivity contribution in [1.29, 1.82) is 0 Å². The van der Waals surface area contributed by atoms with E-state index in [0.29, 0.717) is 15.7 Å². The van der Waals surface area contributed by atoms with Crippen LogP contribution in [-0.2, 0) is 12.8 Å². The number of halogens is 1. The van der Waals surface area contributed by atoms with Gasteiger partial charge >= 0.3 is 0 Å². The molecule has 27 heavy (non-hydrogen) atoms. The second-order valence-corrected chi connectivity index (χ2v) is 8.63. The molecule has 0 bridgehead atoms. The lowest BCUT2D eigenvalue weighted by Gasteiger charge is -2.12. The van der Waals surface area contributed by atoms with Crippen molar-refractivity contribution in [2.75, 3.05) is 5.32 Å². The molecule has 3 heterocycles. The molecule has 134 valence electrons. The van der Waals surface area contributed by atoms with E-state index in [1.807, 2.05) is 29.6 Å². The summed E-state index contributed by atoms with van der Waals surface area (Å²) in [5.74, 6) is -0.184. The highest BCUT2D eigenvalue weighted by Gasteiger charge is 2.24. The summed E-state index contributed by atoms with van der Waals surface area (Å²) in [6.45, 7) is 0. The molecule has 1 aliphatic carbocycles. The number of aryl methyl sites for hydroxylation is 1. The van der Waals surface area contributed by atoms with Gasteiger partial charge in [0, 0.05) is 16.1 Å². The number of thiophene rings is 1. The van der Waals surface area contributed by atoms with Crippen LogP contribution >= 0.6 is 34.3 Å². The third-order valence-electron chi connectivity index (χ3n) is 4.58. The lowest BCUT2D eigenvalue weighted by molar-refractivity contribution is 0.102. The van der Waals surface area contributed by atoms with Gasteiger partial charge in [-0.15, -0.1) is 21.5 Å². The van der Waals surface area contributed by atoms with E-state index in [4.69, 9.17) is 16.6 Å². The van der Waals surface area contributed by atoms with E-state index in [1.165, 1.54) is 11.3 Å². The Morgan fingerprint density at radius 2 is 2.11 bits per heavy atom. The van der Waals surface area contributed by atoms with Crippen LogP contribution in [0.4, 0.5) is 5.13 Å². The van der Waals surface area contributed by atoms with Crippen LogP contribution in [-0.4, -0.2) is 21.1 Å². The third kappa shape index (κ3) is 3.01. The number of amides is 1. The lowest BCUT2D eigenvalue weighted by atomic mass is 10.0. The molecular weight excluding hydrogens is 400 g/mol. The van der Waals surface area contributed by atoms with Crippen LogP contribution in [0.3, 0.4) is 0 Å². The minimum Gasteiger partial charge on any atom is -0.296 e. The van der Waals surface area contributed by atoms with Crippen LogP contribution in [0.15, 0.2) is 35.7 Å². The number of anilines is 1. The highest BCUT2D eigenvalue weighted by Crippen LogP contribution is 2.33. The van der Waals surface area contributed by atoms with Crippen molar-refractivity contribution >= 4 is 56.2 Å². The topological polar surface area (TPSA) is 67.8 Å². The Balaban J connectivity index is 1.55. The first-order chi connectivity index (χ1) is 13.2. The monoisotopic (exact) mass is 412 g/mol. The van der Waals surface area contributed by atoms with E-state index in [0.717, 1.165) is 51.3 Å². The fraction of sp³-hybridized carbons (Fsp3) is 0.158. The fourth-order valence-electron chi connectivity index (χ4n) is 3.43. The van der Waals surface area contributed by atoms with Gasteiger partial charge in [0.2, 0.25) is 5.13 Å². The number of rotatable bonds is 3. The summed E-state index contributed by atoms with van der Waals surface area (Å²) in [5.41, 5.74) is 3.47. The zero-order chi connectivity index (χ0) is 18.4. The largest absolute Gasteiger partial charge is 0.296 e. The van der Waals surface area contributed by atoms with E-state index in [1.54, 1.807) is 17.4 Å². The lowest BCUT2D eigenvalue weighted by Crippen LogP contribution is -2.15. The van der Waals surface area contributed by atoms with Crippen molar-refractivity contribution in [2.24, 2.45) is 0 Å². The molecule has 1 aromatic carbocycles. The van der Waals surface area contributed by atoms with Gasteiger partial charge in [-0.05, 0) is 54.5 Å². The molecule has 0 atom stereocenters. The number of hydrogen-bond donors (Lipinski definition) is 1. The molecule has 0 radical (unpaired) electrons. The summed E-state index contributed by atoms with van der Waals surface area (Å²) in [7, 11) is 0. The quantitative estimate of drug-likeness (QED) is 0.501. The van der Waals surface area contributed by atoms with Crippen LogP contribution in [0.2, 0.25) is 5.02 Å². The predicted molar refractivity (Wildman–Crippen MR) is 110 cm³/mol. The second kappa shape index (κ2) is 6.67. The molecule has 0 saturated carbocycles. The van der Waals surface area contributed by atoms with Crippen molar-refractivity contribution < 1.29 is 4.79 Å². The zero-order valence-electron chi connectivity index (χ0n) is 14.0. The van der Waals surface area contributed by atoms with Crippen LogP contribution in [0, 0.1) is 0 Å². The predicted octanol–water partition coefficient (Wildman–Crippen LogP) is 5.21. The van der Waals surface area contributed by atoms with Crippen molar-refractivity contribution in [3.8, 4) is 9.88 Å². The summed E-state index contributed by atoms with van der Waals surface area (Å²) < 4.78 is 0. The second-order valence-electron chi connectivity index (χ2n) is 6.27. The van der Waals surface area contributed by atoms with Crippen LogP contribution < -0.4 is 5.32 Å². The Morgan fingerprint density at radius 3 is 2.96 bits per heavy atom. The molecule has 8 heteroatoms. The molecule has 5 nitrogen and oxygen atoms in total. The van der Waals surface area contributed by atoms with Crippen LogP contribution in [0.25, 0.3) is 20.8 Å². The van der Waals surface area contributed by atoms with Gasteiger partial charge in [0.05, 0.1) is 16.0 Å². The molecule has 3 aromatic heterocycles. The molecule has 0 spiro atoms. The van der Waals surface area contributed by atoms with Crippen molar-refractivity contribution in [3.05, 3.63) is 57.6 Å². The normalized spacial score (nSPS) is 13.1. The molecule has 1 amide bonds. The van der Waals surface area contributed by atoms with E-state index in [-0.39, 0.29) is 5.91 Å². The van der Waals surface area contributed by atoms with Gasteiger partial charge in [0.15, 0.2) is 5.01 Å². The van der Waals surface area contributed by atoms with E-state index in [2.05, 4.69) is 15.5 Å². The van der Waals surface area contributed by atoms with Crippen LogP contribution in [0.1, 0.15) is 28.0 Å². The van der Waals surface area contributed by atoms with E-state index in [9.17, 15) is 4.79 Å². The fourth-order valence-corrected chi connectivity index (χ4v) is 5.13. The maximum absolute atomic E-state index is 13.2. The maximum Gasteiger partial charge on any atom is 0.258 e. The summed E-state index contributed by atoms with van der Waals surface area (Å²) in [6, 6.07) is 9.44. The Labute approximate surface area is 168 Å². The van der Waals surface area contributed by atoms with Gasteiger partial charge in [-0.1, -0.05) is 29.0 Å². The zero-order valence-corrected chi connectivity index (χ0v) is 16.4. The average Bonchev–Trinajstić information content (AvgIpc) is 3.40. The minimum atomic E-state index is -0.184. The standard InChI is InChI=1S/C19H13ClN4OS2/c20-10-6-7-14-12(9-10)16(11-3-1-4-13(11)21-14)17(25)22-19-24-23-18(27-19)15-5-2-8-26-15/h2,5-9H,1,3-4H2,(H,22,24,25). The van der Waals surface area contributed by atoms with Crippen molar-refractivity contribution in [1.82, 2.24) is 15.2 Å². The maximum atomic E-state index is 13.2. The smallest absolute Gasteiger partial charge is 0.258 e. The Morgan fingerprint density at radius 1 is 1.19 bits per heavy atom. The van der Waals surface area contributed by atoms with Gasteiger partial charge in [-0.25, -0.2) is 0 Å². The highest BCUT2D eigenvalue weighted by molar-refractivity contribution is 7.23. The first kappa shape index (κ1) is 16.8.